The van der Waals surface area contributed by atoms with Gasteiger partial charge in [-0.25, -0.2) is 0 Å². The quantitative estimate of drug-likeness (QED) is 0.0795. The molecule has 0 heterocycles. The molecule has 0 aliphatic rings. The van der Waals surface area contributed by atoms with E-state index in [1.165, 1.54) is 0 Å². The number of halogens is 1. The minimum absolute atomic E-state index is 0.0773. The summed E-state index contributed by atoms with van der Waals surface area (Å²) < 4.78 is 0. The summed E-state index contributed by atoms with van der Waals surface area (Å²) in [6.07, 6.45) is -0.0773. The van der Waals surface area contributed by atoms with Gasteiger partial charge in [-0.05, 0) is 0 Å². The molecule has 108 valence electrons. The lowest BCUT2D eigenvalue weighted by molar-refractivity contribution is -0.152. The van der Waals surface area contributed by atoms with Crippen molar-refractivity contribution in [2.75, 3.05) is 39.3 Å². The number of alkyl halides is 1. The zero-order chi connectivity index (χ0) is 13.9. The first kappa shape index (κ1) is 17.5. The van der Waals surface area contributed by atoms with Crippen LogP contribution in [-0.2, 0) is 9.63 Å². The average molecular weight is 283 g/mol. The monoisotopic (exact) mass is 282 g/mol. The summed E-state index contributed by atoms with van der Waals surface area (Å²) in [4.78, 5) is 16.2. The third kappa shape index (κ3) is 8.59. The maximum atomic E-state index is 11.5. The van der Waals surface area contributed by atoms with E-state index < -0.39 is 11.1 Å². The minimum atomic E-state index is -1.11. The number of hydroxylamine groups is 1. The van der Waals surface area contributed by atoms with Crippen LogP contribution in [0.3, 0.4) is 0 Å². The van der Waals surface area contributed by atoms with Crippen LogP contribution >= 0.6 is 11.6 Å². The summed E-state index contributed by atoms with van der Waals surface area (Å²) in [6, 6.07) is 0. The van der Waals surface area contributed by atoms with Crippen molar-refractivity contribution in [1.82, 2.24) is 16.1 Å². The Morgan fingerprint density at radius 3 is 2.00 bits per heavy atom. The van der Waals surface area contributed by atoms with Crippen molar-refractivity contribution in [1.29, 1.82) is 0 Å². The summed E-state index contributed by atoms with van der Waals surface area (Å²) >= 11 is 6.22. The molecule has 18 heavy (non-hydrogen) atoms. The lowest BCUT2D eigenvalue weighted by Gasteiger charge is -2.28. The second kappa shape index (κ2) is 10.4. The summed E-state index contributed by atoms with van der Waals surface area (Å²) in [7, 11) is 0. The fraction of sp³-hybridized carbons (Fsp3) is 0.889. The van der Waals surface area contributed by atoms with Crippen molar-refractivity contribution in [3.05, 3.63) is 0 Å². The zero-order valence-electron chi connectivity index (χ0n) is 10.4. The van der Waals surface area contributed by atoms with Gasteiger partial charge in [0, 0.05) is 39.3 Å². The van der Waals surface area contributed by atoms with Crippen LogP contribution < -0.4 is 33.3 Å². The van der Waals surface area contributed by atoms with E-state index >= 15 is 0 Å². The average Bonchev–Trinajstić information content (AvgIpc) is 2.34. The van der Waals surface area contributed by atoms with Gasteiger partial charge in [0.25, 0.3) is 0 Å². The number of nitrogens with two attached hydrogens (primary N) is 3. The Balaban J connectivity index is 4.15. The Bertz CT molecular complexity index is 223. The molecule has 0 aliphatic carbocycles. The highest BCUT2D eigenvalue weighted by Crippen LogP contribution is 2.12. The van der Waals surface area contributed by atoms with Crippen molar-refractivity contribution in [2.24, 2.45) is 17.2 Å². The molecule has 0 rings (SSSR count). The summed E-state index contributed by atoms with van der Waals surface area (Å²) in [5.74, 6) is -0.507. The third-order valence-electron chi connectivity index (χ3n) is 1.92. The molecule has 0 saturated heterocycles. The molecule has 0 aliphatic heterocycles. The third-order valence-corrected chi connectivity index (χ3v) is 2.32. The van der Waals surface area contributed by atoms with Crippen molar-refractivity contribution in [2.45, 2.75) is 11.5 Å². The number of nitrogens with one attached hydrogen (secondary N) is 3. The first-order chi connectivity index (χ1) is 8.58. The highest BCUT2D eigenvalue weighted by molar-refractivity contribution is 6.24. The topological polar surface area (TPSA) is 140 Å². The Morgan fingerprint density at radius 2 is 1.56 bits per heavy atom. The van der Waals surface area contributed by atoms with Crippen LogP contribution in [0.25, 0.3) is 0 Å². The van der Waals surface area contributed by atoms with Gasteiger partial charge < -0.3 is 22.0 Å². The van der Waals surface area contributed by atoms with Crippen molar-refractivity contribution in [3.8, 4) is 0 Å². The smallest absolute Gasteiger partial charge is 0.329 e. The molecule has 0 saturated carbocycles. The molecule has 0 bridgehead atoms. The number of carbonyl (C=O) groups is 1. The van der Waals surface area contributed by atoms with E-state index in [4.69, 9.17) is 33.6 Å². The lowest BCUT2D eigenvalue weighted by Crippen LogP contribution is -2.56. The fourth-order valence-electron chi connectivity index (χ4n) is 1.15. The van der Waals surface area contributed by atoms with Crippen LogP contribution in [0, 0.1) is 0 Å². The van der Waals surface area contributed by atoms with E-state index in [1.807, 2.05) is 0 Å². The number of rotatable bonds is 11. The van der Waals surface area contributed by atoms with Gasteiger partial charge in [-0.1, -0.05) is 11.6 Å². The summed E-state index contributed by atoms with van der Waals surface area (Å²) in [5.41, 5.74) is 18.4. The Labute approximate surface area is 112 Å². The van der Waals surface area contributed by atoms with Gasteiger partial charge in [0.2, 0.25) is 0 Å². The van der Waals surface area contributed by atoms with Crippen LogP contribution in [0.4, 0.5) is 0 Å². The Kier molecular flexibility index (Phi) is 10.2. The first-order valence-electron chi connectivity index (χ1n) is 5.79. The van der Waals surface area contributed by atoms with Crippen molar-refractivity contribution >= 4 is 17.6 Å². The first-order valence-corrected chi connectivity index (χ1v) is 6.17. The largest absolute Gasteiger partial charge is 0.370 e. The van der Waals surface area contributed by atoms with Crippen molar-refractivity contribution < 1.29 is 9.63 Å². The van der Waals surface area contributed by atoms with E-state index in [0.29, 0.717) is 39.3 Å². The van der Waals surface area contributed by atoms with Crippen LogP contribution in [0.15, 0.2) is 0 Å². The number of hydrogen-bond acceptors (Lipinski definition) is 8. The van der Waals surface area contributed by atoms with E-state index in [-0.39, 0.29) is 6.42 Å². The molecule has 0 aromatic heterocycles. The van der Waals surface area contributed by atoms with E-state index in [0.717, 1.165) is 0 Å². The molecule has 0 amide bonds. The predicted molar refractivity (Wildman–Crippen MR) is 70.5 cm³/mol. The molecule has 0 spiro atoms. The second-order valence-electron chi connectivity index (χ2n) is 3.57. The number of hydrogen-bond donors (Lipinski definition) is 6. The van der Waals surface area contributed by atoms with Crippen molar-refractivity contribution in [3.63, 3.8) is 0 Å². The lowest BCUT2D eigenvalue weighted by atomic mass is 10.3. The molecule has 0 atom stereocenters. The standard InChI is InChI=1S/C9H23ClN6O2/c10-9(14-4-1-11,15-5-2-12)7-8(17)18-16-6-3-13/h14-16H,1-7,11-13H2. The summed E-state index contributed by atoms with van der Waals surface area (Å²) in [6.45, 7) is 2.48. The molecule has 9 heteroatoms. The van der Waals surface area contributed by atoms with Gasteiger partial charge >= 0.3 is 5.97 Å². The van der Waals surface area contributed by atoms with Gasteiger partial charge in [-0.2, -0.15) is 5.48 Å². The molecule has 0 aromatic carbocycles. The second-order valence-corrected chi connectivity index (χ2v) is 4.21. The Hall–Kier alpha value is -0.480. The van der Waals surface area contributed by atoms with E-state index in [9.17, 15) is 4.79 Å². The van der Waals surface area contributed by atoms with Gasteiger partial charge in [0.05, 0.1) is 6.42 Å². The molecular formula is C9H23ClN6O2. The highest BCUT2D eigenvalue weighted by Gasteiger charge is 2.29. The molecule has 0 unspecified atom stereocenters. The predicted octanol–water partition coefficient (Wildman–Crippen LogP) is -2.63. The summed E-state index contributed by atoms with van der Waals surface area (Å²) in [5, 5.41) is 4.73. The van der Waals surface area contributed by atoms with Crippen LogP contribution in [0.1, 0.15) is 6.42 Å². The van der Waals surface area contributed by atoms with E-state index in [1.54, 1.807) is 0 Å². The molecule has 0 aromatic rings. The molecule has 9 N–H and O–H groups in total. The van der Waals surface area contributed by atoms with Crippen LogP contribution in [-0.4, -0.2) is 50.4 Å². The number of carbonyl (C=O) groups excluding carboxylic acids is 1. The maximum Gasteiger partial charge on any atom is 0.329 e. The Morgan fingerprint density at radius 1 is 1.06 bits per heavy atom. The SMILES string of the molecule is NCCNOC(=O)CC(Cl)(NCCN)NCCN. The van der Waals surface area contributed by atoms with Gasteiger partial charge in [0.15, 0.2) is 5.12 Å². The van der Waals surface area contributed by atoms with Gasteiger partial charge in [-0.15, -0.1) is 0 Å². The normalized spacial score (nSPS) is 11.6. The minimum Gasteiger partial charge on any atom is -0.370 e. The fourth-order valence-corrected chi connectivity index (χ4v) is 1.45. The van der Waals surface area contributed by atoms with Gasteiger partial charge in [0.1, 0.15) is 0 Å². The van der Waals surface area contributed by atoms with E-state index in [2.05, 4.69) is 16.1 Å². The molecule has 0 radical (unpaired) electrons. The molecular weight excluding hydrogens is 260 g/mol. The van der Waals surface area contributed by atoms with Crippen LogP contribution in [0.2, 0.25) is 0 Å². The molecule has 0 fully saturated rings. The highest BCUT2D eigenvalue weighted by atomic mass is 35.5. The molecule has 8 nitrogen and oxygen atoms in total. The maximum absolute atomic E-state index is 11.5. The van der Waals surface area contributed by atoms with Gasteiger partial charge in [-0.3, -0.25) is 15.4 Å². The van der Waals surface area contributed by atoms with Crippen LogP contribution in [0.5, 0.6) is 0 Å². The zero-order valence-corrected chi connectivity index (χ0v) is 11.1.